The van der Waals surface area contributed by atoms with E-state index in [0.29, 0.717) is 11.1 Å². The Bertz CT molecular complexity index is 582. The number of aromatic nitrogens is 3. The van der Waals surface area contributed by atoms with Crippen molar-refractivity contribution < 1.29 is 0 Å². The fraction of sp³-hybridized carbons (Fsp3) is 0.429. The number of halogens is 1. The molecule has 0 atom stereocenters. The Hall–Kier alpha value is -1.39. The highest BCUT2D eigenvalue weighted by atomic mass is 35.5. The van der Waals surface area contributed by atoms with E-state index in [0.717, 1.165) is 29.2 Å². The minimum absolute atomic E-state index is 0.678. The van der Waals surface area contributed by atoms with E-state index in [9.17, 15) is 0 Å². The Kier molecular flexibility index (Phi) is 3.29. The lowest BCUT2D eigenvalue weighted by atomic mass is 10.2. The molecule has 0 unspecified atom stereocenters. The first-order chi connectivity index (χ1) is 9.13. The second-order valence-corrected chi connectivity index (χ2v) is 5.52. The third-order valence-corrected chi connectivity index (χ3v) is 3.71. The quantitative estimate of drug-likeness (QED) is 0.934. The van der Waals surface area contributed by atoms with E-state index in [1.165, 1.54) is 12.8 Å². The van der Waals surface area contributed by atoms with Crippen molar-refractivity contribution in [2.75, 3.05) is 0 Å². The summed E-state index contributed by atoms with van der Waals surface area (Å²) in [6.45, 7) is 4.72. The largest absolute Gasteiger partial charge is 0.310 e. The molecular formula is C14H17ClN4. The number of hydrogen-bond acceptors (Lipinski definition) is 3. The normalized spacial score (nSPS) is 14.9. The molecule has 2 aromatic heterocycles. The van der Waals surface area contributed by atoms with Gasteiger partial charge >= 0.3 is 0 Å². The van der Waals surface area contributed by atoms with Gasteiger partial charge < -0.3 is 5.32 Å². The maximum absolute atomic E-state index is 6.09. The molecule has 0 bridgehead atoms. The Balaban J connectivity index is 1.94. The van der Waals surface area contributed by atoms with Gasteiger partial charge in [-0.3, -0.25) is 4.98 Å². The molecule has 100 valence electrons. The van der Waals surface area contributed by atoms with Gasteiger partial charge in [0.15, 0.2) is 0 Å². The van der Waals surface area contributed by atoms with Crippen LogP contribution >= 0.6 is 11.6 Å². The molecule has 0 aliphatic heterocycles. The summed E-state index contributed by atoms with van der Waals surface area (Å²) >= 11 is 6.09. The highest BCUT2D eigenvalue weighted by Gasteiger charge is 2.21. The monoisotopic (exact) mass is 276 g/mol. The van der Waals surface area contributed by atoms with Crippen LogP contribution in [0.15, 0.2) is 18.5 Å². The molecular weight excluding hydrogens is 260 g/mol. The van der Waals surface area contributed by atoms with Crippen LogP contribution in [0.1, 0.15) is 29.8 Å². The smallest absolute Gasteiger partial charge is 0.0819 e. The van der Waals surface area contributed by atoms with Gasteiger partial charge in [-0.15, -0.1) is 0 Å². The number of nitrogens with zero attached hydrogens (tertiary/aromatic N) is 3. The minimum atomic E-state index is 0.678. The van der Waals surface area contributed by atoms with E-state index in [4.69, 9.17) is 11.6 Å². The van der Waals surface area contributed by atoms with Gasteiger partial charge in [-0.05, 0) is 32.8 Å². The zero-order chi connectivity index (χ0) is 13.4. The maximum Gasteiger partial charge on any atom is 0.0819 e. The average Bonchev–Trinajstić information content (AvgIpc) is 3.14. The van der Waals surface area contributed by atoms with Gasteiger partial charge in [-0.2, -0.15) is 5.10 Å². The summed E-state index contributed by atoms with van der Waals surface area (Å²) in [6.07, 6.45) is 6.33. The van der Waals surface area contributed by atoms with Crippen molar-refractivity contribution >= 4 is 11.6 Å². The molecule has 1 aliphatic carbocycles. The third-order valence-electron chi connectivity index (χ3n) is 3.34. The maximum atomic E-state index is 6.09. The topological polar surface area (TPSA) is 42.7 Å². The Labute approximate surface area is 117 Å². The lowest BCUT2D eigenvalue weighted by Gasteiger charge is -2.10. The number of pyridine rings is 1. The van der Waals surface area contributed by atoms with Gasteiger partial charge in [0, 0.05) is 36.2 Å². The molecule has 5 heteroatoms. The number of aryl methyl sites for hydroxylation is 2. The van der Waals surface area contributed by atoms with E-state index in [2.05, 4.69) is 15.4 Å². The van der Waals surface area contributed by atoms with E-state index in [-0.39, 0.29) is 0 Å². The van der Waals surface area contributed by atoms with Crippen molar-refractivity contribution in [1.29, 1.82) is 0 Å². The Morgan fingerprint density at radius 3 is 2.84 bits per heavy atom. The number of rotatable bonds is 4. The van der Waals surface area contributed by atoms with Crippen LogP contribution in [-0.4, -0.2) is 20.8 Å². The van der Waals surface area contributed by atoms with Crippen LogP contribution in [0, 0.1) is 13.8 Å². The number of hydrogen-bond donors (Lipinski definition) is 1. The first kappa shape index (κ1) is 12.6. The van der Waals surface area contributed by atoms with E-state index in [1.807, 2.05) is 37.0 Å². The van der Waals surface area contributed by atoms with Crippen LogP contribution in [0.4, 0.5) is 0 Å². The summed E-state index contributed by atoms with van der Waals surface area (Å²) in [6, 6.07) is 2.73. The molecule has 1 fully saturated rings. The third kappa shape index (κ3) is 2.80. The molecule has 0 saturated heterocycles. The average molecular weight is 277 g/mol. The second-order valence-electron chi connectivity index (χ2n) is 5.12. The zero-order valence-electron chi connectivity index (χ0n) is 11.2. The lowest BCUT2D eigenvalue weighted by Crippen LogP contribution is -2.17. The molecule has 2 heterocycles. The molecule has 2 aromatic rings. The summed E-state index contributed by atoms with van der Waals surface area (Å²) in [5.41, 5.74) is 4.03. The van der Waals surface area contributed by atoms with Crippen LogP contribution < -0.4 is 5.32 Å². The van der Waals surface area contributed by atoms with Crippen molar-refractivity contribution in [3.8, 4) is 5.69 Å². The van der Waals surface area contributed by atoms with Crippen LogP contribution in [0.25, 0.3) is 5.69 Å². The van der Waals surface area contributed by atoms with Gasteiger partial charge in [0.1, 0.15) is 0 Å². The Morgan fingerprint density at radius 2 is 2.21 bits per heavy atom. The van der Waals surface area contributed by atoms with Gasteiger partial charge in [-0.1, -0.05) is 11.6 Å². The van der Waals surface area contributed by atoms with Crippen molar-refractivity contribution in [3.05, 3.63) is 40.4 Å². The molecule has 0 aromatic carbocycles. The van der Waals surface area contributed by atoms with Gasteiger partial charge in [0.2, 0.25) is 0 Å². The van der Waals surface area contributed by atoms with Crippen LogP contribution in [0.2, 0.25) is 5.02 Å². The fourth-order valence-corrected chi connectivity index (χ4v) is 2.16. The summed E-state index contributed by atoms with van der Waals surface area (Å²) < 4.78 is 1.84. The fourth-order valence-electron chi connectivity index (χ4n) is 2.03. The van der Waals surface area contributed by atoms with Gasteiger partial charge in [0.05, 0.1) is 16.4 Å². The van der Waals surface area contributed by atoms with E-state index in [1.54, 1.807) is 0 Å². The van der Waals surface area contributed by atoms with Crippen molar-refractivity contribution in [3.63, 3.8) is 0 Å². The summed E-state index contributed by atoms with van der Waals surface area (Å²) in [4.78, 5) is 4.38. The minimum Gasteiger partial charge on any atom is -0.310 e. The molecule has 1 saturated carbocycles. The van der Waals surface area contributed by atoms with Crippen LogP contribution in [0.5, 0.6) is 0 Å². The molecule has 1 aliphatic rings. The van der Waals surface area contributed by atoms with Gasteiger partial charge in [0.25, 0.3) is 0 Å². The summed E-state index contributed by atoms with van der Waals surface area (Å²) in [5, 5.41) is 8.65. The first-order valence-corrected chi connectivity index (χ1v) is 6.92. The predicted molar refractivity (Wildman–Crippen MR) is 75.7 cm³/mol. The first-order valence-electron chi connectivity index (χ1n) is 6.54. The molecule has 4 nitrogen and oxygen atoms in total. The molecule has 0 radical (unpaired) electrons. The molecule has 3 rings (SSSR count). The van der Waals surface area contributed by atoms with E-state index >= 15 is 0 Å². The lowest BCUT2D eigenvalue weighted by molar-refractivity contribution is 0.678. The van der Waals surface area contributed by atoms with Crippen molar-refractivity contribution in [1.82, 2.24) is 20.1 Å². The van der Waals surface area contributed by atoms with Crippen molar-refractivity contribution in [2.45, 2.75) is 39.3 Å². The van der Waals surface area contributed by atoms with Crippen molar-refractivity contribution in [2.24, 2.45) is 0 Å². The standard InChI is InChI=1S/C14H17ClN4/c1-9-5-14(19-8-13(15)10(2)18-19)11(6-16-9)7-17-12-3-4-12/h5-6,8,12,17H,3-4,7H2,1-2H3. The highest BCUT2D eigenvalue weighted by molar-refractivity contribution is 6.31. The second kappa shape index (κ2) is 4.94. The van der Waals surface area contributed by atoms with Gasteiger partial charge in [-0.25, -0.2) is 4.68 Å². The molecule has 0 spiro atoms. The van der Waals surface area contributed by atoms with Crippen LogP contribution in [0.3, 0.4) is 0 Å². The molecule has 19 heavy (non-hydrogen) atoms. The SMILES string of the molecule is Cc1cc(-n2cc(Cl)c(C)n2)c(CNC2CC2)cn1. The predicted octanol–water partition coefficient (Wildman–Crippen LogP) is 2.79. The van der Waals surface area contributed by atoms with E-state index < -0.39 is 0 Å². The number of nitrogens with one attached hydrogen (secondary N) is 1. The Morgan fingerprint density at radius 1 is 1.42 bits per heavy atom. The summed E-state index contributed by atoms with van der Waals surface area (Å²) in [5.74, 6) is 0. The summed E-state index contributed by atoms with van der Waals surface area (Å²) in [7, 11) is 0. The van der Waals surface area contributed by atoms with Crippen LogP contribution in [-0.2, 0) is 6.54 Å². The molecule has 1 N–H and O–H groups in total. The zero-order valence-corrected chi connectivity index (χ0v) is 11.9. The molecule has 0 amide bonds. The highest BCUT2D eigenvalue weighted by Crippen LogP contribution is 2.22.